The summed E-state index contributed by atoms with van der Waals surface area (Å²) in [5.74, 6) is 0. The highest BCUT2D eigenvalue weighted by Crippen LogP contribution is 2.40. The molecule has 2 rings (SSSR count). The first-order valence-corrected chi connectivity index (χ1v) is 7.98. The van der Waals surface area contributed by atoms with Crippen molar-refractivity contribution in [1.82, 2.24) is 4.90 Å². The Balaban J connectivity index is 1.79. The molecule has 1 spiro atoms. The maximum atomic E-state index is 11.9. The van der Waals surface area contributed by atoms with Gasteiger partial charge in [-0.3, -0.25) is 0 Å². The van der Waals surface area contributed by atoms with Gasteiger partial charge >= 0.3 is 6.09 Å². The van der Waals surface area contributed by atoms with Crippen LogP contribution in [-0.2, 0) is 9.47 Å². The molecule has 2 aliphatic heterocycles. The second-order valence-corrected chi connectivity index (χ2v) is 6.44. The van der Waals surface area contributed by atoms with Crippen LogP contribution in [0.4, 0.5) is 4.79 Å². The SMILES string of the molecule is CCCCOC(=O)N1CCC2(CC1)CC(N)(CCO)CO2. The Labute approximate surface area is 126 Å². The standard InChI is InChI=1S/C15H28N2O4/c1-2-3-10-20-13(19)17-7-4-15(5-8-17)11-14(16,6-9-18)12-21-15/h18H,2-12,16H2,1H3. The monoisotopic (exact) mass is 300 g/mol. The Bertz CT molecular complexity index is 356. The lowest BCUT2D eigenvalue weighted by Crippen LogP contribution is -2.48. The maximum absolute atomic E-state index is 11.9. The van der Waals surface area contributed by atoms with E-state index in [-0.39, 0.29) is 18.3 Å². The van der Waals surface area contributed by atoms with Gasteiger partial charge in [0.05, 0.1) is 18.8 Å². The number of nitrogens with two attached hydrogens (primary N) is 1. The summed E-state index contributed by atoms with van der Waals surface area (Å²) >= 11 is 0. The zero-order valence-electron chi connectivity index (χ0n) is 13.0. The molecule has 2 saturated heterocycles. The second-order valence-electron chi connectivity index (χ2n) is 6.44. The van der Waals surface area contributed by atoms with E-state index in [0.29, 0.717) is 32.7 Å². The third-order valence-corrected chi connectivity index (χ3v) is 4.61. The summed E-state index contributed by atoms with van der Waals surface area (Å²) in [6.45, 7) is 4.46. The summed E-state index contributed by atoms with van der Waals surface area (Å²) < 4.78 is 11.2. The number of carbonyl (C=O) groups is 1. The molecule has 0 saturated carbocycles. The van der Waals surface area contributed by atoms with E-state index in [1.165, 1.54) is 0 Å². The number of likely N-dealkylation sites (tertiary alicyclic amines) is 1. The first kappa shape index (κ1) is 16.5. The van der Waals surface area contributed by atoms with Crippen LogP contribution in [0, 0.1) is 0 Å². The normalized spacial score (nSPS) is 28.0. The van der Waals surface area contributed by atoms with Crippen molar-refractivity contribution in [1.29, 1.82) is 0 Å². The fourth-order valence-electron chi connectivity index (χ4n) is 3.24. The van der Waals surface area contributed by atoms with Crippen LogP contribution in [0.15, 0.2) is 0 Å². The van der Waals surface area contributed by atoms with Crippen molar-refractivity contribution in [3.63, 3.8) is 0 Å². The predicted octanol–water partition coefficient (Wildman–Crippen LogP) is 1.26. The molecule has 0 aromatic rings. The summed E-state index contributed by atoms with van der Waals surface area (Å²) in [7, 11) is 0. The molecule has 2 heterocycles. The number of aliphatic hydroxyl groups excluding tert-OH is 1. The molecule has 0 aromatic carbocycles. The molecule has 0 aliphatic carbocycles. The summed E-state index contributed by atoms with van der Waals surface area (Å²) in [5, 5.41) is 9.09. The largest absolute Gasteiger partial charge is 0.449 e. The average molecular weight is 300 g/mol. The van der Waals surface area contributed by atoms with Crippen LogP contribution in [0.1, 0.15) is 45.4 Å². The van der Waals surface area contributed by atoms with E-state index in [1.807, 2.05) is 0 Å². The number of aliphatic hydroxyl groups is 1. The number of piperidine rings is 1. The Hall–Kier alpha value is -0.850. The van der Waals surface area contributed by atoms with Gasteiger partial charge in [0.15, 0.2) is 0 Å². The molecule has 1 amide bonds. The Morgan fingerprint density at radius 1 is 1.43 bits per heavy atom. The third kappa shape index (κ3) is 4.08. The van der Waals surface area contributed by atoms with E-state index in [9.17, 15) is 4.79 Å². The maximum Gasteiger partial charge on any atom is 0.409 e. The molecule has 2 aliphatic rings. The fourth-order valence-corrected chi connectivity index (χ4v) is 3.24. The van der Waals surface area contributed by atoms with Gasteiger partial charge in [0, 0.05) is 25.2 Å². The smallest absolute Gasteiger partial charge is 0.409 e. The van der Waals surface area contributed by atoms with E-state index in [4.69, 9.17) is 20.3 Å². The van der Waals surface area contributed by atoms with Gasteiger partial charge in [0.1, 0.15) is 0 Å². The molecule has 1 atom stereocenters. The van der Waals surface area contributed by atoms with Crippen LogP contribution in [-0.4, -0.2) is 60.1 Å². The van der Waals surface area contributed by atoms with Gasteiger partial charge in [-0.15, -0.1) is 0 Å². The number of carbonyl (C=O) groups excluding carboxylic acids is 1. The lowest BCUT2D eigenvalue weighted by molar-refractivity contribution is -0.0422. The third-order valence-electron chi connectivity index (χ3n) is 4.61. The summed E-state index contributed by atoms with van der Waals surface area (Å²) in [6.07, 6.45) is 4.62. The van der Waals surface area contributed by atoms with Crippen molar-refractivity contribution in [3.05, 3.63) is 0 Å². The van der Waals surface area contributed by atoms with Crippen molar-refractivity contribution < 1.29 is 19.4 Å². The van der Waals surface area contributed by atoms with Crippen LogP contribution in [0.2, 0.25) is 0 Å². The topological polar surface area (TPSA) is 85.0 Å². The average Bonchev–Trinajstić information content (AvgIpc) is 2.77. The Morgan fingerprint density at radius 3 is 2.76 bits per heavy atom. The molecular formula is C15H28N2O4. The summed E-state index contributed by atoms with van der Waals surface area (Å²) in [4.78, 5) is 13.7. The minimum absolute atomic E-state index is 0.0891. The van der Waals surface area contributed by atoms with E-state index in [1.54, 1.807) is 4.90 Å². The first-order chi connectivity index (χ1) is 10.0. The molecule has 0 bridgehead atoms. The molecule has 0 aromatic heterocycles. The van der Waals surface area contributed by atoms with Gasteiger partial charge in [0.25, 0.3) is 0 Å². The highest BCUT2D eigenvalue weighted by atomic mass is 16.6. The zero-order chi connectivity index (χ0) is 15.3. The van der Waals surface area contributed by atoms with Crippen LogP contribution < -0.4 is 5.73 Å². The molecule has 0 radical (unpaired) electrons. The van der Waals surface area contributed by atoms with Crippen molar-refractivity contribution >= 4 is 6.09 Å². The van der Waals surface area contributed by atoms with Crippen molar-refractivity contribution in [2.45, 2.75) is 56.6 Å². The van der Waals surface area contributed by atoms with E-state index in [2.05, 4.69) is 6.92 Å². The van der Waals surface area contributed by atoms with Crippen LogP contribution >= 0.6 is 0 Å². The number of hydrogen-bond acceptors (Lipinski definition) is 5. The van der Waals surface area contributed by atoms with Crippen LogP contribution in [0.3, 0.4) is 0 Å². The molecule has 6 nitrogen and oxygen atoms in total. The number of amides is 1. The first-order valence-electron chi connectivity index (χ1n) is 7.98. The van der Waals surface area contributed by atoms with E-state index in [0.717, 1.165) is 32.1 Å². The minimum Gasteiger partial charge on any atom is -0.449 e. The predicted molar refractivity (Wildman–Crippen MR) is 79.0 cm³/mol. The number of unbranched alkanes of at least 4 members (excludes halogenated alkanes) is 1. The van der Waals surface area contributed by atoms with Crippen LogP contribution in [0.25, 0.3) is 0 Å². The number of nitrogens with zero attached hydrogens (tertiary/aromatic N) is 1. The minimum atomic E-state index is -0.418. The van der Waals surface area contributed by atoms with Crippen molar-refractivity contribution in [2.75, 3.05) is 32.9 Å². The van der Waals surface area contributed by atoms with Crippen LogP contribution in [0.5, 0.6) is 0 Å². The highest BCUT2D eigenvalue weighted by molar-refractivity contribution is 5.67. The highest BCUT2D eigenvalue weighted by Gasteiger charge is 2.48. The molecule has 2 fully saturated rings. The van der Waals surface area contributed by atoms with E-state index >= 15 is 0 Å². The molecule has 3 N–H and O–H groups in total. The zero-order valence-corrected chi connectivity index (χ0v) is 13.0. The molecular weight excluding hydrogens is 272 g/mol. The quantitative estimate of drug-likeness (QED) is 0.747. The van der Waals surface area contributed by atoms with E-state index < -0.39 is 5.54 Å². The molecule has 1 unspecified atom stereocenters. The van der Waals surface area contributed by atoms with Gasteiger partial charge in [-0.05, 0) is 32.1 Å². The Kier molecular flexibility index (Phi) is 5.46. The van der Waals surface area contributed by atoms with Gasteiger partial charge < -0.3 is 25.2 Å². The van der Waals surface area contributed by atoms with Crippen molar-refractivity contribution in [2.24, 2.45) is 5.73 Å². The lowest BCUT2D eigenvalue weighted by Gasteiger charge is -2.38. The number of rotatable bonds is 5. The van der Waals surface area contributed by atoms with Gasteiger partial charge in [-0.25, -0.2) is 4.79 Å². The molecule has 6 heteroatoms. The molecule has 21 heavy (non-hydrogen) atoms. The lowest BCUT2D eigenvalue weighted by atomic mass is 9.81. The van der Waals surface area contributed by atoms with Gasteiger partial charge in [-0.1, -0.05) is 13.3 Å². The van der Waals surface area contributed by atoms with Gasteiger partial charge in [0.2, 0.25) is 0 Å². The number of ether oxygens (including phenoxy) is 2. The molecule has 122 valence electrons. The Morgan fingerprint density at radius 2 is 2.14 bits per heavy atom. The fraction of sp³-hybridized carbons (Fsp3) is 0.933. The van der Waals surface area contributed by atoms with Crippen molar-refractivity contribution in [3.8, 4) is 0 Å². The van der Waals surface area contributed by atoms with Gasteiger partial charge in [-0.2, -0.15) is 0 Å². The second kappa shape index (κ2) is 6.94. The number of hydrogen-bond donors (Lipinski definition) is 2. The summed E-state index contributed by atoms with van der Waals surface area (Å²) in [6, 6.07) is 0. The summed E-state index contributed by atoms with van der Waals surface area (Å²) in [5.41, 5.74) is 5.62.